The van der Waals surface area contributed by atoms with E-state index in [9.17, 15) is 18.8 Å². The normalized spacial score (nSPS) is 16.0. The molecule has 2 aliphatic rings. The number of carbonyl (C=O) groups excluding carboxylic acids is 2. The summed E-state index contributed by atoms with van der Waals surface area (Å²) in [6.07, 6.45) is 9.77. The maximum Gasteiger partial charge on any atom is 0.405 e. The molecule has 12 heteroatoms. The Morgan fingerprint density at radius 2 is 1.80 bits per heavy atom. The smallest absolute Gasteiger partial charge is 0.405 e. The lowest BCUT2D eigenvalue weighted by molar-refractivity contribution is -0.119. The first kappa shape index (κ1) is 27.8. The molecule has 3 N–H and O–H groups in total. The molecule has 0 bridgehead atoms. The average Bonchev–Trinajstić information content (AvgIpc) is 2.94. The average molecular weight is 575 g/mol. The Balaban J connectivity index is 1.19. The summed E-state index contributed by atoms with van der Waals surface area (Å²) in [5, 5.41) is 14.9. The van der Waals surface area contributed by atoms with Crippen LogP contribution >= 0.6 is 11.8 Å². The third-order valence-electron chi connectivity index (χ3n) is 6.60. The molecule has 2 amide bonds. The lowest BCUT2D eigenvalue weighted by Crippen LogP contribution is -2.43. The molecule has 1 saturated heterocycles. The highest BCUT2D eigenvalue weighted by Crippen LogP contribution is 2.29. The van der Waals surface area contributed by atoms with Crippen molar-refractivity contribution in [1.29, 1.82) is 0 Å². The third-order valence-corrected chi connectivity index (χ3v) is 7.51. The van der Waals surface area contributed by atoms with Crippen molar-refractivity contribution >= 4 is 46.7 Å². The molecule has 2 aliphatic heterocycles. The van der Waals surface area contributed by atoms with Crippen LogP contribution < -0.4 is 20.4 Å². The molecule has 1 fully saturated rings. The van der Waals surface area contributed by atoms with Crippen molar-refractivity contribution in [3.8, 4) is 0 Å². The molecule has 2 aromatic carbocycles. The Hall–Kier alpha value is -4.71. The molecule has 10 nitrogen and oxygen atoms in total. The number of halogens is 1. The summed E-state index contributed by atoms with van der Waals surface area (Å²) < 4.78 is 14.8. The molecular formula is C29H27FN6O4S. The van der Waals surface area contributed by atoms with E-state index in [1.54, 1.807) is 79.1 Å². The monoisotopic (exact) mass is 574 g/mol. The predicted molar refractivity (Wildman–Crippen MR) is 154 cm³/mol. The molecule has 5 rings (SSSR count). The second-order valence-electron chi connectivity index (χ2n) is 9.74. The number of hydrogen-bond donors (Lipinski definition) is 3. The Morgan fingerprint density at radius 3 is 2.46 bits per heavy atom. The predicted octanol–water partition coefficient (Wildman–Crippen LogP) is 5.06. The lowest BCUT2D eigenvalue weighted by atomic mass is 10.0. The summed E-state index contributed by atoms with van der Waals surface area (Å²) in [6.45, 7) is 2.68. The van der Waals surface area contributed by atoms with Crippen molar-refractivity contribution in [2.45, 2.75) is 35.2 Å². The van der Waals surface area contributed by atoms with E-state index in [-0.39, 0.29) is 11.3 Å². The number of amides is 2. The van der Waals surface area contributed by atoms with Crippen LogP contribution in [0.25, 0.3) is 0 Å². The van der Waals surface area contributed by atoms with E-state index in [2.05, 4.69) is 20.6 Å². The SMILES string of the molecule is CC1(NC(=O)O)C=CN(c2cnc(Sc3cccc(NC(=O)c4ccc(N5CCC(=O)CC5)c(F)c4)c3)cn2)C=C1. The van der Waals surface area contributed by atoms with Gasteiger partial charge in [-0.25, -0.2) is 19.2 Å². The zero-order chi connectivity index (χ0) is 29.0. The fraction of sp³-hybridized carbons (Fsp3) is 0.207. The van der Waals surface area contributed by atoms with E-state index in [0.29, 0.717) is 48.1 Å². The van der Waals surface area contributed by atoms with Gasteiger partial charge in [0, 0.05) is 54.5 Å². The van der Waals surface area contributed by atoms with Gasteiger partial charge in [-0.05, 0) is 55.5 Å². The fourth-order valence-electron chi connectivity index (χ4n) is 4.40. The highest BCUT2D eigenvalue weighted by Gasteiger charge is 2.23. The number of hydrogen-bond acceptors (Lipinski definition) is 8. The van der Waals surface area contributed by atoms with Crippen LogP contribution in [0.5, 0.6) is 0 Å². The molecule has 0 saturated carbocycles. The number of piperidine rings is 1. The molecular weight excluding hydrogens is 547 g/mol. The van der Waals surface area contributed by atoms with E-state index >= 15 is 0 Å². The molecule has 0 radical (unpaired) electrons. The van der Waals surface area contributed by atoms with Crippen LogP contribution in [0, 0.1) is 5.82 Å². The summed E-state index contributed by atoms with van der Waals surface area (Å²) >= 11 is 1.36. The minimum atomic E-state index is -1.11. The first-order chi connectivity index (χ1) is 19.7. The fourth-order valence-corrected chi connectivity index (χ4v) is 5.19. The Morgan fingerprint density at radius 1 is 1.05 bits per heavy atom. The molecule has 0 spiro atoms. The van der Waals surface area contributed by atoms with Crippen LogP contribution in [0.3, 0.4) is 0 Å². The standard InChI is InChI=1S/C29H27FN6O4S/c1-29(34-28(39)40)9-13-36(14-10-29)25-17-32-26(18-31-25)41-22-4-2-3-20(16-22)33-27(38)19-5-6-24(23(30)15-19)35-11-7-21(37)8-12-35/h2-6,9-10,13-18,34H,7-8,11-12H2,1H3,(H,33,38)(H,39,40). The number of ketones is 1. The van der Waals surface area contributed by atoms with Gasteiger partial charge in [-0.1, -0.05) is 17.8 Å². The van der Waals surface area contributed by atoms with Gasteiger partial charge in [0.05, 0.1) is 23.6 Å². The second-order valence-corrected chi connectivity index (χ2v) is 10.8. The van der Waals surface area contributed by atoms with E-state index in [1.807, 2.05) is 11.0 Å². The zero-order valence-corrected chi connectivity index (χ0v) is 22.9. The van der Waals surface area contributed by atoms with Gasteiger partial charge >= 0.3 is 6.09 Å². The molecule has 3 aromatic rings. The topological polar surface area (TPSA) is 128 Å². The molecule has 0 aliphatic carbocycles. The number of nitrogens with zero attached hydrogens (tertiary/aromatic N) is 4. The highest BCUT2D eigenvalue weighted by atomic mass is 32.2. The van der Waals surface area contributed by atoms with Crippen molar-refractivity contribution in [3.05, 3.63) is 90.8 Å². The lowest BCUT2D eigenvalue weighted by Gasteiger charge is -2.28. The van der Waals surface area contributed by atoms with Gasteiger partial charge in [-0.3, -0.25) is 9.59 Å². The number of carboxylic acid groups (broad SMARTS) is 1. The number of aromatic nitrogens is 2. The molecule has 0 atom stereocenters. The minimum absolute atomic E-state index is 0.177. The maximum atomic E-state index is 14.8. The molecule has 1 aromatic heterocycles. The van der Waals surface area contributed by atoms with Crippen molar-refractivity contribution in [2.75, 3.05) is 28.2 Å². The van der Waals surface area contributed by atoms with Crippen LogP contribution in [0.15, 0.2) is 89.3 Å². The Bertz CT molecular complexity index is 1520. The summed E-state index contributed by atoms with van der Waals surface area (Å²) in [6, 6.07) is 11.6. The van der Waals surface area contributed by atoms with Gasteiger partial charge in [-0.2, -0.15) is 0 Å². The Labute approximate surface area is 240 Å². The van der Waals surface area contributed by atoms with E-state index < -0.39 is 23.4 Å². The summed E-state index contributed by atoms with van der Waals surface area (Å²) in [5.41, 5.74) is 0.323. The van der Waals surface area contributed by atoms with E-state index in [4.69, 9.17) is 5.11 Å². The first-order valence-corrected chi connectivity index (χ1v) is 13.6. The number of carbonyl (C=O) groups is 3. The van der Waals surface area contributed by atoms with Gasteiger partial charge < -0.3 is 25.5 Å². The second kappa shape index (κ2) is 11.8. The van der Waals surface area contributed by atoms with Crippen LogP contribution in [0.4, 0.5) is 26.4 Å². The van der Waals surface area contributed by atoms with Crippen LogP contribution in [0.2, 0.25) is 0 Å². The summed E-state index contributed by atoms with van der Waals surface area (Å²) in [4.78, 5) is 48.6. The number of rotatable bonds is 7. The Kier molecular flexibility index (Phi) is 8.02. The van der Waals surface area contributed by atoms with Crippen LogP contribution in [-0.4, -0.2) is 51.5 Å². The van der Waals surface area contributed by atoms with Crippen molar-refractivity contribution in [1.82, 2.24) is 15.3 Å². The van der Waals surface area contributed by atoms with Crippen molar-refractivity contribution in [2.24, 2.45) is 0 Å². The molecule has 0 unspecified atom stereocenters. The largest absolute Gasteiger partial charge is 0.465 e. The highest BCUT2D eigenvalue weighted by molar-refractivity contribution is 7.99. The summed E-state index contributed by atoms with van der Waals surface area (Å²) in [7, 11) is 0. The van der Waals surface area contributed by atoms with Gasteiger partial charge in [-0.15, -0.1) is 0 Å². The minimum Gasteiger partial charge on any atom is -0.465 e. The van der Waals surface area contributed by atoms with Crippen molar-refractivity contribution < 1.29 is 23.9 Å². The molecule has 41 heavy (non-hydrogen) atoms. The third kappa shape index (κ3) is 6.90. The van der Waals surface area contributed by atoms with Gasteiger partial charge in [0.1, 0.15) is 16.6 Å². The maximum absolute atomic E-state index is 14.8. The number of anilines is 3. The molecule has 3 heterocycles. The number of nitrogens with one attached hydrogen (secondary N) is 2. The summed E-state index contributed by atoms with van der Waals surface area (Å²) in [5.74, 6) is -0.198. The molecule has 210 valence electrons. The number of benzene rings is 2. The quantitative estimate of drug-likeness (QED) is 0.355. The van der Waals surface area contributed by atoms with Crippen LogP contribution in [0.1, 0.15) is 30.1 Å². The van der Waals surface area contributed by atoms with Crippen LogP contribution in [-0.2, 0) is 4.79 Å². The van der Waals surface area contributed by atoms with E-state index in [1.165, 1.54) is 17.8 Å². The zero-order valence-electron chi connectivity index (χ0n) is 22.1. The first-order valence-electron chi connectivity index (χ1n) is 12.8. The van der Waals surface area contributed by atoms with Gasteiger partial charge in [0.15, 0.2) is 5.82 Å². The van der Waals surface area contributed by atoms with Gasteiger partial charge in [0.25, 0.3) is 5.91 Å². The van der Waals surface area contributed by atoms with E-state index in [0.717, 1.165) is 4.90 Å². The number of Topliss-reactive ketones (excluding diaryl/α,β-unsaturated/α-hetero) is 1. The van der Waals surface area contributed by atoms with Crippen molar-refractivity contribution in [3.63, 3.8) is 0 Å². The van der Waals surface area contributed by atoms with Gasteiger partial charge in [0.2, 0.25) is 0 Å².